The summed E-state index contributed by atoms with van der Waals surface area (Å²) in [4.78, 5) is 0. The molecule has 5 heteroatoms. The third kappa shape index (κ3) is 2.67. The minimum Gasteiger partial charge on any atom is -0.168 e. The number of alkyl halides is 3. The van der Waals surface area contributed by atoms with Crippen LogP contribution in [0.15, 0.2) is 11.1 Å². The Hall–Kier alpha value is 0.230. The number of hydrogen-bond donors (Lipinski definition) is 0. The van der Waals surface area contributed by atoms with Crippen LogP contribution in [0.1, 0.15) is 27.2 Å². The van der Waals surface area contributed by atoms with Crippen molar-refractivity contribution in [3.63, 3.8) is 0 Å². The van der Waals surface area contributed by atoms with E-state index in [4.69, 9.17) is 0 Å². The molecule has 88 valence electrons. The van der Waals surface area contributed by atoms with Gasteiger partial charge in [0.1, 0.15) is 0 Å². The van der Waals surface area contributed by atoms with Crippen LogP contribution >= 0.6 is 23.5 Å². The van der Waals surface area contributed by atoms with E-state index in [0.717, 1.165) is 34.7 Å². The molecule has 1 atom stereocenters. The molecular weight excluding hydrogens is 241 g/mol. The maximum atomic E-state index is 13.0. The SMILES string of the molecule is CCSC1(C(F)(F)F)CC(C)=C(C)CS1. The Balaban J connectivity index is 2.96. The van der Waals surface area contributed by atoms with E-state index in [9.17, 15) is 13.2 Å². The number of rotatable bonds is 2. The molecular formula is C10H15F3S2. The van der Waals surface area contributed by atoms with Crippen LogP contribution in [0.5, 0.6) is 0 Å². The summed E-state index contributed by atoms with van der Waals surface area (Å²) in [5.74, 6) is 0.997. The van der Waals surface area contributed by atoms with Gasteiger partial charge in [0.15, 0.2) is 4.08 Å². The van der Waals surface area contributed by atoms with E-state index < -0.39 is 10.3 Å². The molecule has 0 radical (unpaired) electrons. The van der Waals surface area contributed by atoms with Gasteiger partial charge in [0.2, 0.25) is 0 Å². The molecule has 1 aliphatic heterocycles. The van der Waals surface area contributed by atoms with Crippen molar-refractivity contribution in [1.82, 2.24) is 0 Å². The highest BCUT2D eigenvalue weighted by atomic mass is 32.2. The Labute approximate surface area is 97.1 Å². The molecule has 1 aliphatic rings. The van der Waals surface area contributed by atoms with Crippen LogP contribution in [0.3, 0.4) is 0 Å². The van der Waals surface area contributed by atoms with E-state index in [1.54, 1.807) is 6.92 Å². The zero-order chi connectivity index (χ0) is 11.7. The predicted octanol–water partition coefficient (Wildman–Crippen LogP) is 4.47. The molecule has 0 aromatic heterocycles. The van der Waals surface area contributed by atoms with Gasteiger partial charge in [-0.2, -0.15) is 13.2 Å². The first-order chi connectivity index (χ1) is 6.82. The normalized spacial score (nSPS) is 28.4. The first-order valence-electron chi connectivity index (χ1n) is 4.82. The topological polar surface area (TPSA) is 0 Å². The van der Waals surface area contributed by atoms with E-state index in [-0.39, 0.29) is 6.42 Å². The molecule has 0 aromatic rings. The van der Waals surface area contributed by atoms with Crippen LogP contribution in [0, 0.1) is 0 Å². The van der Waals surface area contributed by atoms with E-state index in [0.29, 0.717) is 11.5 Å². The van der Waals surface area contributed by atoms with E-state index >= 15 is 0 Å². The van der Waals surface area contributed by atoms with Gasteiger partial charge in [-0.25, -0.2) is 0 Å². The molecule has 15 heavy (non-hydrogen) atoms. The lowest BCUT2D eigenvalue weighted by Crippen LogP contribution is -2.41. The molecule has 0 saturated carbocycles. The average Bonchev–Trinajstić information content (AvgIpc) is 2.10. The van der Waals surface area contributed by atoms with Gasteiger partial charge in [-0.15, -0.1) is 23.5 Å². The van der Waals surface area contributed by atoms with Crippen molar-refractivity contribution in [2.45, 2.75) is 37.4 Å². The quantitative estimate of drug-likeness (QED) is 0.668. The highest BCUT2D eigenvalue weighted by Crippen LogP contribution is 2.56. The smallest absolute Gasteiger partial charge is 0.168 e. The van der Waals surface area contributed by atoms with Crippen LogP contribution in [-0.2, 0) is 0 Å². The van der Waals surface area contributed by atoms with Crippen molar-refractivity contribution in [1.29, 1.82) is 0 Å². The van der Waals surface area contributed by atoms with Gasteiger partial charge >= 0.3 is 6.18 Å². The third-order valence-electron chi connectivity index (χ3n) is 2.56. The van der Waals surface area contributed by atoms with Gasteiger partial charge < -0.3 is 0 Å². The lowest BCUT2D eigenvalue weighted by Gasteiger charge is -2.38. The van der Waals surface area contributed by atoms with E-state index in [1.165, 1.54) is 0 Å². The maximum Gasteiger partial charge on any atom is 0.412 e. The van der Waals surface area contributed by atoms with Gasteiger partial charge in [-0.1, -0.05) is 18.1 Å². The fourth-order valence-corrected chi connectivity index (χ4v) is 4.48. The molecule has 0 bridgehead atoms. The van der Waals surface area contributed by atoms with Crippen LogP contribution in [0.2, 0.25) is 0 Å². The predicted molar refractivity (Wildman–Crippen MR) is 62.4 cm³/mol. The van der Waals surface area contributed by atoms with Crippen LogP contribution in [-0.4, -0.2) is 21.8 Å². The standard InChI is InChI=1S/C10H15F3S2/c1-4-14-9(10(11,12)13)5-7(2)8(3)6-15-9/h4-6H2,1-3H3. The molecule has 0 N–H and O–H groups in total. The summed E-state index contributed by atoms with van der Waals surface area (Å²) in [5, 5.41) is 0. The summed E-state index contributed by atoms with van der Waals surface area (Å²) >= 11 is 2.05. The molecule has 0 aliphatic carbocycles. The molecule has 0 spiro atoms. The highest BCUT2D eigenvalue weighted by Gasteiger charge is 2.56. The fraction of sp³-hybridized carbons (Fsp3) is 0.800. The maximum absolute atomic E-state index is 13.0. The van der Waals surface area contributed by atoms with Crippen molar-refractivity contribution < 1.29 is 13.2 Å². The Bertz CT molecular complexity index is 270. The zero-order valence-electron chi connectivity index (χ0n) is 9.07. The summed E-state index contributed by atoms with van der Waals surface area (Å²) in [6.45, 7) is 5.50. The lowest BCUT2D eigenvalue weighted by molar-refractivity contribution is -0.137. The van der Waals surface area contributed by atoms with Crippen molar-refractivity contribution >= 4 is 23.5 Å². The zero-order valence-corrected chi connectivity index (χ0v) is 10.7. The van der Waals surface area contributed by atoms with Gasteiger partial charge in [0.25, 0.3) is 0 Å². The third-order valence-corrected chi connectivity index (χ3v) is 5.82. The average molecular weight is 256 g/mol. The number of hydrogen-bond acceptors (Lipinski definition) is 2. The second-order valence-electron chi connectivity index (χ2n) is 3.71. The molecule has 0 aromatic carbocycles. The Morgan fingerprint density at radius 1 is 1.33 bits per heavy atom. The van der Waals surface area contributed by atoms with Gasteiger partial charge in [-0.05, 0) is 19.6 Å². The minimum absolute atomic E-state index is 0.130. The molecule has 0 nitrogen and oxygen atoms in total. The fourth-order valence-electron chi connectivity index (χ4n) is 1.49. The molecule has 1 heterocycles. The molecule has 1 unspecified atom stereocenters. The largest absolute Gasteiger partial charge is 0.412 e. The Morgan fingerprint density at radius 3 is 2.33 bits per heavy atom. The van der Waals surface area contributed by atoms with Gasteiger partial charge in [-0.3, -0.25) is 0 Å². The van der Waals surface area contributed by atoms with E-state index in [2.05, 4.69) is 0 Å². The van der Waals surface area contributed by atoms with Crippen molar-refractivity contribution in [2.24, 2.45) is 0 Å². The van der Waals surface area contributed by atoms with E-state index in [1.807, 2.05) is 13.8 Å². The first-order valence-corrected chi connectivity index (χ1v) is 6.79. The number of halogens is 3. The van der Waals surface area contributed by atoms with Crippen LogP contribution in [0.4, 0.5) is 13.2 Å². The lowest BCUT2D eigenvalue weighted by atomic mass is 10.1. The van der Waals surface area contributed by atoms with Crippen molar-refractivity contribution in [2.75, 3.05) is 11.5 Å². The second kappa shape index (κ2) is 4.62. The Morgan fingerprint density at radius 2 is 1.93 bits per heavy atom. The van der Waals surface area contributed by atoms with Crippen LogP contribution < -0.4 is 0 Å². The number of allylic oxidation sites excluding steroid dienone is 1. The summed E-state index contributed by atoms with van der Waals surface area (Å²) < 4.78 is 37.5. The summed E-state index contributed by atoms with van der Waals surface area (Å²) in [6, 6.07) is 0. The van der Waals surface area contributed by atoms with Crippen molar-refractivity contribution in [3.8, 4) is 0 Å². The molecule has 0 amide bonds. The monoisotopic (exact) mass is 256 g/mol. The minimum atomic E-state index is -4.12. The molecule has 0 fully saturated rings. The Kier molecular flexibility index (Phi) is 4.09. The van der Waals surface area contributed by atoms with Crippen LogP contribution in [0.25, 0.3) is 0 Å². The second-order valence-corrected chi connectivity index (χ2v) is 6.81. The highest BCUT2D eigenvalue weighted by molar-refractivity contribution is 8.18. The molecule has 1 rings (SSSR count). The van der Waals surface area contributed by atoms with Gasteiger partial charge in [0.05, 0.1) is 0 Å². The number of thioether (sulfide) groups is 2. The summed E-state index contributed by atoms with van der Waals surface area (Å²) in [6.07, 6.45) is -3.99. The van der Waals surface area contributed by atoms with Crippen molar-refractivity contribution in [3.05, 3.63) is 11.1 Å². The summed E-state index contributed by atoms with van der Waals surface area (Å²) in [5.41, 5.74) is 1.99. The molecule has 0 saturated heterocycles. The summed E-state index contributed by atoms with van der Waals surface area (Å²) in [7, 11) is 0. The first kappa shape index (κ1) is 13.3. The van der Waals surface area contributed by atoms with Gasteiger partial charge in [0, 0.05) is 12.2 Å².